The number of aromatic nitrogens is 3. The van der Waals surface area contributed by atoms with Crippen LogP contribution in [0.25, 0.3) is 11.4 Å². The summed E-state index contributed by atoms with van der Waals surface area (Å²) in [5, 5.41) is 16.5. The van der Waals surface area contributed by atoms with Crippen LogP contribution in [0.15, 0.2) is 48.5 Å². The number of hydrogen-bond acceptors (Lipinski definition) is 8. The fraction of sp³-hybridized carbons (Fsp3) is 0.150. The first-order chi connectivity index (χ1) is 14.8. The molecule has 1 heterocycles. The van der Waals surface area contributed by atoms with Crippen LogP contribution in [0.2, 0.25) is 0 Å². The Morgan fingerprint density at radius 1 is 1.10 bits per heavy atom. The van der Waals surface area contributed by atoms with Crippen molar-refractivity contribution >= 4 is 5.97 Å². The maximum absolute atomic E-state index is 12.5. The van der Waals surface area contributed by atoms with Crippen molar-refractivity contribution in [2.75, 3.05) is 6.61 Å². The summed E-state index contributed by atoms with van der Waals surface area (Å²) in [6.45, 7) is 1.66. The number of nitriles is 1. The minimum absolute atomic E-state index is 0.0649. The molecule has 0 unspecified atom stereocenters. The average Bonchev–Trinajstić information content (AvgIpc) is 2.73. The minimum Gasteiger partial charge on any atom is -0.461 e. The van der Waals surface area contributed by atoms with E-state index in [0.29, 0.717) is 5.56 Å². The van der Waals surface area contributed by atoms with Crippen molar-refractivity contribution in [3.05, 3.63) is 59.8 Å². The fourth-order valence-electron chi connectivity index (χ4n) is 2.37. The minimum atomic E-state index is -4.87. The number of rotatable bonds is 6. The molecule has 0 fully saturated rings. The van der Waals surface area contributed by atoms with E-state index in [0.717, 1.165) is 12.1 Å². The zero-order chi connectivity index (χ0) is 22.4. The topological polar surface area (TPSA) is 107 Å². The maximum atomic E-state index is 12.5. The van der Waals surface area contributed by atoms with Crippen molar-refractivity contribution in [1.82, 2.24) is 15.2 Å². The van der Waals surface area contributed by atoms with Crippen molar-refractivity contribution < 1.29 is 32.2 Å². The highest BCUT2D eigenvalue weighted by molar-refractivity contribution is 5.89. The molecule has 0 radical (unpaired) electrons. The first-order valence-electron chi connectivity index (χ1n) is 8.75. The molecule has 0 bridgehead atoms. The van der Waals surface area contributed by atoms with Gasteiger partial charge in [0.1, 0.15) is 11.5 Å². The molecule has 0 saturated carbocycles. The fourth-order valence-corrected chi connectivity index (χ4v) is 2.37. The van der Waals surface area contributed by atoms with Gasteiger partial charge in [0.25, 0.3) is 5.88 Å². The van der Waals surface area contributed by atoms with Crippen LogP contribution in [-0.4, -0.2) is 34.1 Å². The van der Waals surface area contributed by atoms with E-state index < -0.39 is 18.1 Å². The lowest BCUT2D eigenvalue weighted by molar-refractivity contribution is -0.274. The van der Waals surface area contributed by atoms with Crippen LogP contribution in [0.4, 0.5) is 13.2 Å². The Morgan fingerprint density at radius 2 is 1.84 bits per heavy atom. The van der Waals surface area contributed by atoms with Gasteiger partial charge in [0.15, 0.2) is 5.82 Å². The number of carbonyl (C=O) groups is 1. The van der Waals surface area contributed by atoms with E-state index in [9.17, 15) is 18.0 Å². The number of ether oxygens (including phenoxy) is 3. The van der Waals surface area contributed by atoms with Crippen molar-refractivity contribution in [3.63, 3.8) is 0 Å². The number of benzene rings is 2. The molecule has 0 saturated heterocycles. The molecule has 0 aliphatic rings. The Bertz CT molecular complexity index is 1130. The Balaban J connectivity index is 1.99. The van der Waals surface area contributed by atoms with Crippen molar-refractivity contribution in [2.45, 2.75) is 13.3 Å². The van der Waals surface area contributed by atoms with Gasteiger partial charge in [-0.1, -0.05) is 12.1 Å². The molecule has 0 amide bonds. The lowest BCUT2D eigenvalue weighted by atomic mass is 10.2. The number of nitrogens with zero attached hydrogens (tertiary/aromatic N) is 4. The molecule has 0 spiro atoms. The molecule has 0 N–H and O–H groups in total. The summed E-state index contributed by atoms with van der Waals surface area (Å²) in [6, 6.07) is 12.8. The first-order valence-corrected chi connectivity index (χ1v) is 8.75. The van der Waals surface area contributed by atoms with Crippen LogP contribution in [0.3, 0.4) is 0 Å². The number of esters is 1. The van der Waals surface area contributed by atoms with E-state index in [1.807, 2.05) is 6.07 Å². The molecule has 158 valence electrons. The van der Waals surface area contributed by atoms with E-state index in [1.165, 1.54) is 36.4 Å². The highest BCUT2D eigenvalue weighted by Gasteiger charge is 2.31. The molecule has 3 aromatic rings. The molecule has 3 rings (SSSR count). The lowest BCUT2D eigenvalue weighted by Crippen LogP contribution is -2.17. The third kappa shape index (κ3) is 5.66. The normalized spacial score (nSPS) is 10.8. The molecular formula is C20H13F3N4O4. The first kappa shape index (κ1) is 21.5. The highest BCUT2D eigenvalue weighted by Crippen LogP contribution is 2.29. The Hall–Kier alpha value is -4.20. The molecule has 8 nitrogen and oxygen atoms in total. The van der Waals surface area contributed by atoms with Gasteiger partial charge >= 0.3 is 12.3 Å². The number of halogens is 3. The number of hydrogen-bond donors (Lipinski definition) is 0. The summed E-state index contributed by atoms with van der Waals surface area (Å²) < 4.78 is 51.9. The van der Waals surface area contributed by atoms with Crippen LogP contribution in [0, 0.1) is 11.3 Å². The summed E-state index contributed by atoms with van der Waals surface area (Å²) in [5.41, 5.74) is 0.216. The maximum Gasteiger partial charge on any atom is 0.573 e. The van der Waals surface area contributed by atoms with Gasteiger partial charge < -0.3 is 14.2 Å². The zero-order valence-corrected chi connectivity index (χ0v) is 15.9. The van der Waals surface area contributed by atoms with E-state index in [2.05, 4.69) is 19.9 Å². The SMILES string of the molecule is CCOC(=O)c1nnc(-c2cccc(OC(F)(F)F)c2)nc1Oc1ccc(C#N)cc1. The van der Waals surface area contributed by atoms with E-state index in [4.69, 9.17) is 14.7 Å². The smallest absolute Gasteiger partial charge is 0.461 e. The largest absolute Gasteiger partial charge is 0.573 e. The summed E-state index contributed by atoms with van der Waals surface area (Å²) in [6.07, 6.45) is -4.87. The van der Waals surface area contributed by atoms with Crippen molar-refractivity contribution in [3.8, 4) is 34.8 Å². The van der Waals surface area contributed by atoms with Gasteiger partial charge in [-0.05, 0) is 43.3 Å². The quantitative estimate of drug-likeness (QED) is 0.534. The third-order valence-electron chi connectivity index (χ3n) is 3.65. The van der Waals surface area contributed by atoms with Crippen LogP contribution in [0.1, 0.15) is 23.0 Å². The summed E-state index contributed by atoms with van der Waals surface area (Å²) in [7, 11) is 0. The number of carbonyl (C=O) groups excluding carboxylic acids is 1. The van der Waals surface area contributed by atoms with Crippen LogP contribution < -0.4 is 9.47 Å². The Kier molecular flexibility index (Phi) is 6.30. The highest BCUT2D eigenvalue weighted by atomic mass is 19.4. The molecular weight excluding hydrogens is 417 g/mol. The van der Waals surface area contributed by atoms with Gasteiger partial charge in [-0.3, -0.25) is 0 Å². The van der Waals surface area contributed by atoms with E-state index >= 15 is 0 Å². The van der Waals surface area contributed by atoms with Gasteiger partial charge in [-0.25, -0.2) is 4.79 Å². The summed E-state index contributed by atoms with van der Waals surface area (Å²) in [4.78, 5) is 16.3. The third-order valence-corrected chi connectivity index (χ3v) is 3.65. The molecule has 2 aromatic carbocycles. The summed E-state index contributed by atoms with van der Waals surface area (Å²) >= 11 is 0. The van der Waals surface area contributed by atoms with Gasteiger partial charge in [0, 0.05) is 5.56 Å². The molecule has 0 aliphatic carbocycles. The molecule has 0 aliphatic heterocycles. The Labute approximate surface area is 173 Å². The Morgan fingerprint density at radius 3 is 2.48 bits per heavy atom. The number of alkyl halides is 3. The molecule has 0 atom stereocenters. The van der Waals surface area contributed by atoms with Crippen molar-refractivity contribution in [1.29, 1.82) is 5.26 Å². The van der Waals surface area contributed by atoms with Gasteiger partial charge in [-0.15, -0.1) is 23.4 Å². The predicted octanol–water partition coefficient (Wildman–Crippen LogP) is 4.28. The monoisotopic (exact) mass is 430 g/mol. The van der Waals surface area contributed by atoms with Crippen LogP contribution >= 0.6 is 0 Å². The van der Waals surface area contributed by atoms with E-state index in [1.54, 1.807) is 6.92 Å². The molecule has 31 heavy (non-hydrogen) atoms. The van der Waals surface area contributed by atoms with E-state index in [-0.39, 0.29) is 35.3 Å². The molecule has 11 heteroatoms. The van der Waals surface area contributed by atoms with Crippen LogP contribution in [-0.2, 0) is 4.74 Å². The lowest BCUT2D eigenvalue weighted by Gasteiger charge is -2.11. The second-order valence-corrected chi connectivity index (χ2v) is 5.82. The predicted molar refractivity (Wildman–Crippen MR) is 99.1 cm³/mol. The average molecular weight is 430 g/mol. The van der Waals surface area contributed by atoms with Gasteiger partial charge in [0.2, 0.25) is 5.69 Å². The second kappa shape index (κ2) is 9.08. The van der Waals surface area contributed by atoms with Gasteiger partial charge in [-0.2, -0.15) is 10.2 Å². The standard InChI is InChI=1S/C20H13F3N4O4/c1-2-29-19(28)16-18(30-14-8-6-12(11-24)7-9-14)25-17(27-26-16)13-4-3-5-15(10-13)31-20(21,22)23/h3-10H,2H2,1H3. The summed E-state index contributed by atoms with van der Waals surface area (Å²) in [5.74, 6) is -1.45. The second-order valence-electron chi connectivity index (χ2n) is 5.82. The van der Waals surface area contributed by atoms with Crippen LogP contribution in [0.5, 0.6) is 17.4 Å². The molecule has 1 aromatic heterocycles. The van der Waals surface area contributed by atoms with Crippen molar-refractivity contribution in [2.24, 2.45) is 0 Å². The van der Waals surface area contributed by atoms with Gasteiger partial charge in [0.05, 0.1) is 18.2 Å². The zero-order valence-electron chi connectivity index (χ0n) is 15.9.